The zero-order chi connectivity index (χ0) is 18.0. The number of nitrogens with two attached hydrogens (primary N) is 1. The minimum atomic E-state index is -1.03. The number of alkyl halides is 1. The topological polar surface area (TPSA) is 73.3 Å². The Morgan fingerprint density at radius 1 is 1.24 bits per heavy atom. The van der Waals surface area contributed by atoms with E-state index in [0.717, 1.165) is 18.9 Å². The Kier molecular flexibility index (Phi) is 3.42. The van der Waals surface area contributed by atoms with E-state index in [2.05, 4.69) is 0 Å². The zero-order valence-corrected chi connectivity index (χ0v) is 14.1. The average molecular weight is 350 g/mol. The highest BCUT2D eigenvalue weighted by molar-refractivity contribution is 5.87. The molecule has 2 heterocycles. The number of benzene rings is 1. The first kappa shape index (κ1) is 16.1. The molecule has 2 fully saturated rings. The van der Waals surface area contributed by atoms with Crippen LogP contribution in [0.15, 0.2) is 15.7 Å². The molecule has 1 aliphatic heterocycles. The molecule has 6 nitrogen and oxygen atoms in total. The number of nitrogen functional groups attached to an aromatic ring is 1. The first-order chi connectivity index (χ1) is 11.8. The highest BCUT2D eigenvalue weighted by Crippen LogP contribution is 2.39. The van der Waals surface area contributed by atoms with Gasteiger partial charge in [0.15, 0.2) is 0 Å². The van der Waals surface area contributed by atoms with Crippen LogP contribution < -0.4 is 22.0 Å². The summed E-state index contributed by atoms with van der Waals surface area (Å²) in [4.78, 5) is 26.5. The second-order valence-electron chi connectivity index (χ2n) is 7.19. The van der Waals surface area contributed by atoms with E-state index >= 15 is 0 Å². The first-order valence-corrected chi connectivity index (χ1v) is 8.45. The first-order valence-electron chi connectivity index (χ1n) is 8.45. The number of nitrogens with zero attached hydrogens (tertiary/aromatic N) is 3. The molecule has 1 saturated carbocycles. The molecular formula is C17H20F2N4O2. The van der Waals surface area contributed by atoms with Gasteiger partial charge >= 0.3 is 5.69 Å². The van der Waals surface area contributed by atoms with Gasteiger partial charge in [0.1, 0.15) is 12.0 Å². The fourth-order valence-electron chi connectivity index (χ4n) is 3.83. The molecule has 2 aromatic rings. The number of aromatic nitrogens is 2. The Hall–Kier alpha value is -2.38. The smallest absolute Gasteiger partial charge is 0.350 e. The molecule has 8 heteroatoms. The van der Waals surface area contributed by atoms with E-state index in [1.165, 1.54) is 4.57 Å². The molecule has 2 unspecified atom stereocenters. The molecule has 134 valence electrons. The van der Waals surface area contributed by atoms with E-state index in [9.17, 15) is 18.4 Å². The van der Waals surface area contributed by atoms with Crippen LogP contribution in [0.4, 0.5) is 14.5 Å². The molecule has 0 spiro atoms. The van der Waals surface area contributed by atoms with Crippen molar-refractivity contribution in [2.45, 2.75) is 38.9 Å². The highest BCUT2D eigenvalue weighted by Gasteiger charge is 2.34. The van der Waals surface area contributed by atoms with Crippen molar-refractivity contribution in [2.24, 2.45) is 5.92 Å². The van der Waals surface area contributed by atoms with Crippen LogP contribution in [0.25, 0.3) is 10.9 Å². The monoisotopic (exact) mass is 350 g/mol. The number of fused-ring (bicyclic) bond motifs is 1. The maximum atomic E-state index is 14.8. The van der Waals surface area contributed by atoms with Gasteiger partial charge in [-0.15, -0.1) is 0 Å². The Balaban J connectivity index is 2.05. The van der Waals surface area contributed by atoms with Gasteiger partial charge in [-0.05, 0) is 25.8 Å². The summed E-state index contributed by atoms with van der Waals surface area (Å²) < 4.78 is 30.8. The lowest BCUT2D eigenvalue weighted by Crippen LogP contribution is -2.44. The van der Waals surface area contributed by atoms with Gasteiger partial charge in [0, 0.05) is 30.6 Å². The Labute approximate surface area is 142 Å². The van der Waals surface area contributed by atoms with Gasteiger partial charge in [-0.25, -0.2) is 13.6 Å². The Morgan fingerprint density at radius 2 is 1.92 bits per heavy atom. The number of hydrogen-bond acceptors (Lipinski definition) is 4. The van der Waals surface area contributed by atoms with Crippen LogP contribution in [-0.2, 0) is 0 Å². The molecule has 0 radical (unpaired) electrons. The van der Waals surface area contributed by atoms with Gasteiger partial charge < -0.3 is 10.7 Å². The van der Waals surface area contributed by atoms with Crippen molar-refractivity contribution in [3.05, 3.63) is 38.3 Å². The second-order valence-corrected chi connectivity index (χ2v) is 7.19. The number of halogens is 2. The van der Waals surface area contributed by atoms with E-state index < -0.39 is 23.2 Å². The van der Waals surface area contributed by atoms with E-state index in [1.807, 2.05) is 0 Å². The third-order valence-corrected chi connectivity index (χ3v) is 5.31. The maximum Gasteiger partial charge on any atom is 0.350 e. The van der Waals surface area contributed by atoms with Gasteiger partial charge in [-0.1, -0.05) is 6.92 Å². The SMILES string of the molecule is Cc1c(N2CC(C)C(F)C2)c(F)cc2c(=O)n(N)c(=O)n(C3CC3)c12. The van der Waals surface area contributed by atoms with Gasteiger partial charge in [0.05, 0.1) is 16.6 Å². The summed E-state index contributed by atoms with van der Waals surface area (Å²) in [6.45, 7) is 3.96. The Bertz CT molecular complexity index is 983. The molecule has 2 N–H and O–H groups in total. The molecule has 1 aliphatic carbocycles. The predicted octanol–water partition coefficient (Wildman–Crippen LogP) is 1.45. The standard InChI is InChI=1S/C17H20F2N4O2/c1-8-6-21(7-13(8)19)15-9(2)14-11(5-12(15)18)16(24)23(20)17(25)22(14)10-3-4-10/h5,8,10,13H,3-4,6-7,20H2,1-2H3. The van der Waals surface area contributed by atoms with Crippen LogP contribution in [-0.4, -0.2) is 28.5 Å². The quantitative estimate of drug-likeness (QED) is 0.832. The summed E-state index contributed by atoms with van der Waals surface area (Å²) in [7, 11) is 0. The third-order valence-electron chi connectivity index (χ3n) is 5.31. The van der Waals surface area contributed by atoms with Crippen molar-refractivity contribution in [3.63, 3.8) is 0 Å². The van der Waals surface area contributed by atoms with Crippen LogP contribution in [0.5, 0.6) is 0 Å². The van der Waals surface area contributed by atoms with Crippen LogP contribution in [0, 0.1) is 18.7 Å². The van der Waals surface area contributed by atoms with Crippen molar-refractivity contribution in [1.82, 2.24) is 9.24 Å². The summed E-state index contributed by atoms with van der Waals surface area (Å²) in [5.74, 6) is 4.81. The highest BCUT2D eigenvalue weighted by atomic mass is 19.1. The molecule has 2 aliphatic rings. The molecule has 25 heavy (non-hydrogen) atoms. The summed E-state index contributed by atoms with van der Waals surface area (Å²) in [6.07, 6.45) is 0.594. The fraction of sp³-hybridized carbons (Fsp3) is 0.529. The minimum Gasteiger partial charge on any atom is -0.366 e. The molecule has 1 aromatic heterocycles. The van der Waals surface area contributed by atoms with Crippen molar-refractivity contribution in [3.8, 4) is 0 Å². The fourth-order valence-corrected chi connectivity index (χ4v) is 3.83. The molecule has 2 atom stereocenters. The van der Waals surface area contributed by atoms with E-state index in [4.69, 9.17) is 5.84 Å². The maximum absolute atomic E-state index is 14.8. The number of hydrogen-bond donors (Lipinski definition) is 1. The van der Waals surface area contributed by atoms with Crippen molar-refractivity contribution >= 4 is 16.6 Å². The van der Waals surface area contributed by atoms with Crippen molar-refractivity contribution in [2.75, 3.05) is 23.8 Å². The summed E-state index contributed by atoms with van der Waals surface area (Å²) in [5, 5.41) is 0.0804. The number of aryl methyl sites for hydroxylation is 1. The molecule has 1 saturated heterocycles. The number of anilines is 1. The summed E-state index contributed by atoms with van der Waals surface area (Å²) in [5.41, 5.74) is -0.159. The molecule has 0 bridgehead atoms. The van der Waals surface area contributed by atoms with Crippen LogP contribution >= 0.6 is 0 Å². The van der Waals surface area contributed by atoms with E-state index in [-0.39, 0.29) is 29.6 Å². The lowest BCUT2D eigenvalue weighted by molar-refractivity contribution is 0.299. The van der Waals surface area contributed by atoms with Gasteiger partial charge in [0.2, 0.25) is 0 Å². The lowest BCUT2D eigenvalue weighted by atomic mass is 10.1. The molecule has 0 amide bonds. The number of rotatable bonds is 2. The van der Waals surface area contributed by atoms with Crippen molar-refractivity contribution in [1.29, 1.82) is 0 Å². The molecule has 1 aromatic carbocycles. The normalized spacial score (nSPS) is 23.6. The summed E-state index contributed by atoms with van der Waals surface area (Å²) >= 11 is 0. The van der Waals surface area contributed by atoms with Gasteiger partial charge in [-0.2, -0.15) is 4.68 Å². The minimum absolute atomic E-state index is 0.0335. The third kappa shape index (κ3) is 2.26. The van der Waals surface area contributed by atoms with Crippen LogP contribution in [0.2, 0.25) is 0 Å². The largest absolute Gasteiger partial charge is 0.366 e. The Morgan fingerprint density at radius 3 is 2.48 bits per heavy atom. The molecule has 4 rings (SSSR count). The zero-order valence-electron chi connectivity index (χ0n) is 14.1. The van der Waals surface area contributed by atoms with Crippen molar-refractivity contribution < 1.29 is 8.78 Å². The van der Waals surface area contributed by atoms with Gasteiger partial charge in [-0.3, -0.25) is 9.36 Å². The summed E-state index contributed by atoms with van der Waals surface area (Å²) in [6, 6.07) is 1.09. The van der Waals surface area contributed by atoms with Gasteiger partial charge in [0.25, 0.3) is 5.56 Å². The van der Waals surface area contributed by atoms with E-state index in [0.29, 0.717) is 22.3 Å². The lowest BCUT2D eigenvalue weighted by Gasteiger charge is -2.23. The average Bonchev–Trinajstić information content (AvgIpc) is 3.33. The molecular weight excluding hydrogens is 330 g/mol. The predicted molar refractivity (Wildman–Crippen MR) is 91.9 cm³/mol. The van der Waals surface area contributed by atoms with E-state index in [1.54, 1.807) is 18.7 Å². The second kappa shape index (κ2) is 5.31. The van der Waals surface area contributed by atoms with Crippen LogP contribution in [0.1, 0.15) is 31.4 Å². The van der Waals surface area contributed by atoms with Crippen LogP contribution in [0.3, 0.4) is 0 Å².